The van der Waals surface area contributed by atoms with E-state index in [1.54, 1.807) is 4.90 Å². The molecular formula is C11H17NO3S. The normalized spacial score (nSPS) is 27.0. The molecule has 0 aromatic rings. The Bertz CT molecular complexity index is 289. The van der Waals surface area contributed by atoms with Crippen molar-refractivity contribution in [3.8, 4) is 0 Å². The number of carboxylic acid groups (broad SMARTS) is 1. The minimum Gasteiger partial charge on any atom is -0.480 e. The lowest BCUT2D eigenvalue weighted by Crippen LogP contribution is -2.44. The van der Waals surface area contributed by atoms with Crippen LogP contribution in [0.5, 0.6) is 0 Å². The van der Waals surface area contributed by atoms with Crippen molar-refractivity contribution in [2.24, 2.45) is 5.92 Å². The lowest BCUT2D eigenvalue weighted by molar-refractivity contribution is -0.149. The predicted molar refractivity (Wildman–Crippen MR) is 62.2 cm³/mol. The fourth-order valence-electron chi connectivity index (χ4n) is 2.45. The van der Waals surface area contributed by atoms with Crippen molar-refractivity contribution in [2.75, 3.05) is 11.6 Å². The molecule has 2 fully saturated rings. The van der Waals surface area contributed by atoms with Crippen molar-refractivity contribution < 1.29 is 14.7 Å². The molecule has 1 saturated carbocycles. The summed E-state index contributed by atoms with van der Waals surface area (Å²) in [5, 5.41) is 9.02. The first kappa shape index (κ1) is 11.8. The van der Waals surface area contributed by atoms with E-state index in [4.69, 9.17) is 5.11 Å². The largest absolute Gasteiger partial charge is 0.480 e. The monoisotopic (exact) mass is 243 g/mol. The summed E-state index contributed by atoms with van der Waals surface area (Å²) in [6.45, 7) is 0. The van der Waals surface area contributed by atoms with Gasteiger partial charge in [0.2, 0.25) is 5.91 Å². The van der Waals surface area contributed by atoms with Gasteiger partial charge in [-0.3, -0.25) is 4.79 Å². The fraction of sp³-hybridized carbons (Fsp3) is 0.818. The zero-order valence-corrected chi connectivity index (χ0v) is 10.0. The molecule has 0 aromatic carbocycles. The Morgan fingerprint density at radius 2 is 1.88 bits per heavy atom. The van der Waals surface area contributed by atoms with Gasteiger partial charge in [0.05, 0.1) is 5.88 Å². The van der Waals surface area contributed by atoms with E-state index in [2.05, 4.69) is 0 Å². The van der Waals surface area contributed by atoms with Crippen LogP contribution in [0.4, 0.5) is 0 Å². The van der Waals surface area contributed by atoms with Gasteiger partial charge < -0.3 is 10.0 Å². The number of carboxylic acids is 1. The van der Waals surface area contributed by atoms with Crippen molar-refractivity contribution in [1.29, 1.82) is 0 Å². The number of carbonyl (C=O) groups excluding carboxylic acids is 1. The Labute approximate surface area is 99.4 Å². The third kappa shape index (κ3) is 2.34. The Morgan fingerprint density at radius 3 is 2.50 bits per heavy atom. The molecule has 1 unspecified atom stereocenters. The van der Waals surface area contributed by atoms with Crippen LogP contribution < -0.4 is 0 Å². The maximum absolute atomic E-state index is 12.2. The maximum atomic E-state index is 12.2. The average molecular weight is 243 g/mol. The highest BCUT2D eigenvalue weighted by molar-refractivity contribution is 7.99. The van der Waals surface area contributed by atoms with Gasteiger partial charge in [0.1, 0.15) is 6.04 Å². The van der Waals surface area contributed by atoms with Gasteiger partial charge in [0, 0.05) is 11.7 Å². The number of hydrogen-bond donors (Lipinski definition) is 1. The first-order chi connectivity index (χ1) is 7.70. The van der Waals surface area contributed by atoms with E-state index < -0.39 is 12.0 Å². The molecule has 4 nitrogen and oxygen atoms in total. The number of thioether (sulfide) groups is 1. The van der Waals surface area contributed by atoms with Crippen LogP contribution in [0.15, 0.2) is 0 Å². The molecule has 0 radical (unpaired) electrons. The Hall–Kier alpha value is -0.710. The summed E-state index contributed by atoms with van der Waals surface area (Å²) >= 11 is 1.54. The lowest BCUT2D eigenvalue weighted by Gasteiger charge is -2.28. The summed E-state index contributed by atoms with van der Waals surface area (Å²) in [5.41, 5.74) is 0. The third-order valence-electron chi connectivity index (χ3n) is 3.40. The van der Waals surface area contributed by atoms with Gasteiger partial charge >= 0.3 is 5.97 Å². The molecule has 2 aliphatic rings. The van der Waals surface area contributed by atoms with E-state index >= 15 is 0 Å². The molecular weight excluding hydrogens is 226 g/mol. The third-order valence-corrected chi connectivity index (χ3v) is 4.42. The zero-order valence-electron chi connectivity index (χ0n) is 9.22. The van der Waals surface area contributed by atoms with Crippen LogP contribution in [0, 0.1) is 5.92 Å². The molecule has 1 atom stereocenters. The number of carbonyl (C=O) groups is 2. The molecule has 1 aliphatic heterocycles. The number of rotatable bonds is 2. The summed E-state index contributed by atoms with van der Waals surface area (Å²) in [4.78, 5) is 24.7. The zero-order chi connectivity index (χ0) is 11.5. The summed E-state index contributed by atoms with van der Waals surface area (Å²) in [5.74, 6) is 0.362. The summed E-state index contributed by atoms with van der Waals surface area (Å²) in [7, 11) is 0. The Balaban J connectivity index is 1.99. The van der Waals surface area contributed by atoms with Crippen LogP contribution in [0.2, 0.25) is 0 Å². The first-order valence-corrected chi connectivity index (χ1v) is 6.96. The second kappa shape index (κ2) is 5.08. The van der Waals surface area contributed by atoms with Crippen molar-refractivity contribution in [2.45, 2.75) is 38.1 Å². The van der Waals surface area contributed by atoms with Crippen LogP contribution in [0.3, 0.4) is 0 Å². The highest BCUT2D eigenvalue weighted by atomic mass is 32.2. The molecule has 5 heteroatoms. The molecule has 2 rings (SSSR count). The SMILES string of the molecule is O=C(O)C1CSCN1C(=O)C1CCCCC1. The lowest BCUT2D eigenvalue weighted by atomic mass is 9.88. The Kier molecular flexibility index (Phi) is 3.74. The summed E-state index contributed by atoms with van der Waals surface area (Å²) < 4.78 is 0. The topological polar surface area (TPSA) is 57.6 Å². The molecule has 0 bridgehead atoms. The minimum absolute atomic E-state index is 0.0668. The van der Waals surface area contributed by atoms with Crippen molar-refractivity contribution in [1.82, 2.24) is 4.90 Å². The van der Waals surface area contributed by atoms with Gasteiger partial charge in [-0.2, -0.15) is 0 Å². The molecule has 0 spiro atoms. The summed E-state index contributed by atoms with van der Waals surface area (Å²) in [6.07, 6.45) is 5.30. The van der Waals surface area contributed by atoms with E-state index in [0.717, 1.165) is 25.7 Å². The quantitative estimate of drug-likeness (QED) is 0.799. The van der Waals surface area contributed by atoms with Crippen molar-refractivity contribution >= 4 is 23.6 Å². The molecule has 0 aromatic heterocycles. The smallest absolute Gasteiger partial charge is 0.327 e. The highest BCUT2D eigenvalue weighted by Crippen LogP contribution is 2.29. The van der Waals surface area contributed by atoms with E-state index in [0.29, 0.717) is 11.6 Å². The van der Waals surface area contributed by atoms with Gasteiger partial charge in [-0.15, -0.1) is 11.8 Å². The van der Waals surface area contributed by atoms with Gasteiger partial charge in [-0.1, -0.05) is 19.3 Å². The number of nitrogens with zero attached hydrogens (tertiary/aromatic N) is 1. The minimum atomic E-state index is -0.867. The highest BCUT2D eigenvalue weighted by Gasteiger charge is 2.37. The van der Waals surface area contributed by atoms with Crippen LogP contribution >= 0.6 is 11.8 Å². The van der Waals surface area contributed by atoms with Crippen molar-refractivity contribution in [3.63, 3.8) is 0 Å². The van der Waals surface area contributed by atoms with Gasteiger partial charge in [0.15, 0.2) is 0 Å². The van der Waals surface area contributed by atoms with E-state index in [1.807, 2.05) is 0 Å². The first-order valence-electron chi connectivity index (χ1n) is 5.81. The van der Waals surface area contributed by atoms with E-state index in [-0.39, 0.29) is 11.8 Å². The fourth-order valence-corrected chi connectivity index (χ4v) is 3.60. The number of amides is 1. The van der Waals surface area contributed by atoms with Crippen LogP contribution in [0.25, 0.3) is 0 Å². The maximum Gasteiger partial charge on any atom is 0.327 e. The second-order valence-electron chi connectivity index (χ2n) is 4.50. The van der Waals surface area contributed by atoms with Gasteiger partial charge in [0.25, 0.3) is 0 Å². The van der Waals surface area contributed by atoms with E-state index in [1.165, 1.54) is 18.2 Å². The molecule has 1 N–H and O–H groups in total. The summed E-state index contributed by atoms with van der Waals surface area (Å²) in [6, 6.07) is -0.598. The Morgan fingerprint density at radius 1 is 1.19 bits per heavy atom. The van der Waals surface area contributed by atoms with Crippen molar-refractivity contribution in [3.05, 3.63) is 0 Å². The molecule has 1 heterocycles. The standard InChI is InChI=1S/C11H17NO3S/c13-10(8-4-2-1-3-5-8)12-7-16-6-9(12)11(14)15/h8-9H,1-7H2,(H,14,15). The molecule has 1 amide bonds. The predicted octanol–water partition coefficient (Wildman–Crippen LogP) is 1.55. The molecule has 16 heavy (non-hydrogen) atoms. The molecule has 90 valence electrons. The van der Waals surface area contributed by atoms with Gasteiger partial charge in [-0.05, 0) is 12.8 Å². The second-order valence-corrected chi connectivity index (χ2v) is 5.50. The van der Waals surface area contributed by atoms with Crippen LogP contribution in [-0.2, 0) is 9.59 Å². The van der Waals surface area contributed by atoms with E-state index in [9.17, 15) is 9.59 Å². The van der Waals surface area contributed by atoms with Gasteiger partial charge in [-0.25, -0.2) is 4.79 Å². The molecule has 1 saturated heterocycles. The number of aliphatic carboxylic acids is 1. The molecule has 1 aliphatic carbocycles. The van der Waals surface area contributed by atoms with Crippen LogP contribution in [0.1, 0.15) is 32.1 Å². The van der Waals surface area contributed by atoms with Crippen LogP contribution in [-0.4, -0.2) is 39.6 Å². The number of hydrogen-bond acceptors (Lipinski definition) is 3. The average Bonchev–Trinajstić information content (AvgIpc) is 2.78.